The second-order valence-corrected chi connectivity index (χ2v) is 8.76. The van der Waals surface area contributed by atoms with Gasteiger partial charge in [0.05, 0.1) is 22.7 Å². The molecule has 0 bridgehead atoms. The first kappa shape index (κ1) is 21.3. The fourth-order valence-corrected chi connectivity index (χ4v) is 4.92. The number of nitrogens with zero attached hydrogens (tertiary/aromatic N) is 4. The summed E-state index contributed by atoms with van der Waals surface area (Å²) in [6.45, 7) is -0.175. The van der Waals surface area contributed by atoms with Crippen LogP contribution in [0.4, 0.5) is 19.0 Å². The zero-order chi connectivity index (χ0) is 23.0. The average molecular weight is 471 g/mol. The number of aromatic nitrogens is 4. The van der Waals surface area contributed by atoms with Crippen molar-refractivity contribution in [2.24, 2.45) is 0 Å². The summed E-state index contributed by atoms with van der Waals surface area (Å²) < 4.78 is 57.7. The summed E-state index contributed by atoms with van der Waals surface area (Å²) >= 11 is 0. The number of halogens is 3. The van der Waals surface area contributed by atoms with Crippen LogP contribution in [-0.2, 0) is 29.9 Å². The zero-order valence-electron chi connectivity index (χ0n) is 17.0. The molecule has 0 radical (unpaired) electrons. The van der Waals surface area contributed by atoms with E-state index in [0.717, 1.165) is 11.8 Å². The molecule has 168 valence electrons. The van der Waals surface area contributed by atoms with Crippen LogP contribution in [0.3, 0.4) is 0 Å². The van der Waals surface area contributed by atoms with Crippen molar-refractivity contribution < 1.29 is 21.8 Å². The predicted molar refractivity (Wildman–Crippen MR) is 115 cm³/mol. The van der Waals surface area contributed by atoms with Crippen molar-refractivity contribution in [3.05, 3.63) is 72.0 Å². The van der Waals surface area contributed by atoms with Gasteiger partial charge < -0.3 is 9.73 Å². The maximum atomic E-state index is 13.3. The van der Waals surface area contributed by atoms with Crippen LogP contribution >= 0.6 is 0 Å². The number of hydrogen-bond acceptors (Lipinski definition) is 7. The molecule has 0 unspecified atom stereocenters. The third kappa shape index (κ3) is 4.23. The quantitative estimate of drug-likeness (QED) is 0.458. The Morgan fingerprint density at radius 1 is 1.03 bits per heavy atom. The smallest absolute Gasteiger partial charge is 0.433 e. The lowest BCUT2D eigenvalue weighted by Crippen LogP contribution is -2.15. The molecule has 5 rings (SSSR count). The Kier molecular flexibility index (Phi) is 5.41. The van der Waals surface area contributed by atoms with Crippen molar-refractivity contribution in [3.63, 3.8) is 0 Å². The third-order valence-electron chi connectivity index (χ3n) is 5.12. The highest BCUT2D eigenvalue weighted by Crippen LogP contribution is 2.33. The zero-order valence-corrected chi connectivity index (χ0v) is 17.8. The van der Waals surface area contributed by atoms with Crippen molar-refractivity contribution in [1.29, 1.82) is 0 Å². The normalized spacial score (nSPS) is 15.4. The first-order valence-corrected chi connectivity index (χ1v) is 11.3. The van der Waals surface area contributed by atoms with Crippen LogP contribution in [0.1, 0.15) is 17.0 Å². The lowest BCUT2D eigenvalue weighted by Gasteiger charge is -2.14. The van der Waals surface area contributed by atoms with E-state index in [1.165, 1.54) is 18.4 Å². The molecular formula is C22H16F3N5O2S. The van der Waals surface area contributed by atoms with Gasteiger partial charge in [0.1, 0.15) is 22.7 Å². The first-order chi connectivity index (χ1) is 15.9. The van der Waals surface area contributed by atoms with E-state index in [4.69, 9.17) is 4.42 Å². The van der Waals surface area contributed by atoms with Crippen molar-refractivity contribution in [3.8, 4) is 22.8 Å². The van der Waals surface area contributed by atoms with Crippen molar-refractivity contribution in [2.45, 2.75) is 24.0 Å². The van der Waals surface area contributed by atoms with E-state index in [0.29, 0.717) is 40.0 Å². The lowest BCUT2D eigenvalue weighted by molar-refractivity contribution is -0.141. The second kappa shape index (κ2) is 8.39. The minimum absolute atomic E-state index is 0.0296. The number of anilines is 1. The number of benzene rings is 1. The molecule has 1 aromatic carbocycles. The molecule has 0 saturated carbocycles. The fraction of sp³-hybridized carbons (Fsp3) is 0.182. The molecule has 1 atom stereocenters. The molecule has 0 amide bonds. The number of oxazole rings is 1. The van der Waals surface area contributed by atoms with Gasteiger partial charge in [-0.3, -0.25) is 9.19 Å². The molecule has 4 heterocycles. The van der Waals surface area contributed by atoms with E-state index in [1.54, 1.807) is 18.3 Å². The molecule has 4 aromatic rings. The Labute approximate surface area is 188 Å². The van der Waals surface area contributed by atoms with E-state index in [9.17, 15) is 17.4 Å². The Bertz CT molecular complexity index is 1330. The van der Waals surface area contributed by atoms with Crippen LogP contribution < -0.4 is 5.32 Å². The van der Waals surface area contributed by atoms with Gasteiger partial charge in [-0.2, -0.15) is 13.2 Å². The highest BCUT2D eigenvalue weighted by molar-refractivity contribution is 7.85. The molecule has 7 nitrogen and oxygen atoms in total. The summed E-state index contributed by atoms with van der Waals surface area (Å²) in [6.07, 6.45) is 0.0598. The highest BCUT2D eigenvalue weighted by Gasteiger charge is 2.35. The Balaban J connectivity index is 1.48. The summed E-state index contributed by atoms with van der Waals surface area (Å²) in [4.78, 5) is 17.1. The maximum absolute atomic E-state index is 13.3. The van der Waals surface area contributed by atoms with Gasteiger partial charge in [-0.05, 0) is 18.2 Å². The van der Waals surface area contributed by atoms with Gasteiger partial charge in [-0.1, -0.05) is 18.2 Å². The monoisotopic (exact) mass is 471 g/mol. The molecule has 3 aromatic heterocycles. The lowest BCUT2D eigenvalue weighted by atomic mass is 10.1. The van der Waals surface area contributed by atoms with Crippen molar-refractivity contribution >= 4 is 16.6 Å². The number of rotatable bonds is 5. The summed E-state index contributed by atoms with van der Waals surface area (Å²) in [5.41, 5.74) is 1.11. The minimum Gasteiger partial charge on any atom is -0.445 e. The van der Waals surface area contributed by atoms with Gasteiger partial charge in [-0.15, -0.1) is 0 Å². The Morgan fingerprint density at radius 2 is 1.82 bits per heavy atom. The highest BCUT2D eigenvalue weighted by atomic mass is 32.2. The van der Waals surface area contributed by atoms with Gasteiger partial charge in [0, 0.05) is 41.6 Å². The van der Waals surface area contributed by atoms with Gasteiger partial charge in [0.15, 0.2) is 5.82 Å². The van der Waals surface area contributed by atoms with E-state index in [2.05, 4.69) is 25.3 Å². The van der Waals surface area contributed by atoms with Crippen LogP contribution in [0.2, 0.25) is 0 Å². The minimum atomic E-state index is -4.58. The van der Waals surface area contributed by atoms with E-state index in [-0.39, 0.29) is 17.9 Å². The molecule has 0 saturated heterocycles. The largest absolute Gasteiger partial charge is 0.445 e. The van der Waals surface area contributed by atoms with Crippen molar-refractivity contribution in [2.75, 3.05) is 11.1 Å². The van der Waals surface area contributed by atoms with Gasteiger partial charge in [0.2, 0.25) is 5.89 Å². The van der Waals surface area contributed by atoms with Crippen LogP contribution in [0.5, 0.6) is 0 Å². The first-order valence-electron chi connectivity index (χ1n) is 9.94. The standard InChI is InChI=1S/C22H16F3N5O2S/c23-22(24,25)18-15(2-1-8-26-18)12-28-20-17-16(7-11-33(17)31)29-19(30-20)13-3-5-14(6-4-13)21-27-9-10-32-21/h1-6,8-10H,7,11-12H2,(H,28,29,30)/t33-/m0/s1. The molecule has 1 N–H and O–H groups in total. The number of aryl methyl sites for hydroxylation is 1. The topological polar surface area (TPSA) is 93.8 Å². The average Bonchev–Trinajstić information content (AvgIpc) is 3.48. The van der Waals surface area contributed by atoms with Gasteiger partial charge >= 0.3 is 6.18 Å². The van der Waals surface area contributed by atoms with Crippen LogP contribution in [0.25, 0.3) is 22.8 Å². The summed E-state index contributed by atoms with van der Waals surface area (Å²) in [6, 6.07) is 10.0. The molecule has 0 aliphatic carbocycles. The summed E-state index contributed by atoms with van der Waals surface area (Å²) in [7, 11) is -1.32. The number of fused-ring (bicyclic) bond motifs is 1. The Morgan fingerprint density at radius 3 is 2.55 bits per heavy atom. The predicted octanol–water partition coefficient (Wildman–Crippen LogP) is 4.49. The van der Waals surface area contributed by atoms with E-state index >= 15 is 0 Å². The molecule has 1 aliphatic heterocycles. The molecule has 1 aliphatic rings. The number of hydrogen-bond donors (Lipinski definition) is 1. The fourth-order valence-electron chi connectivity index (χ4n) is 3.59. The van der Waals surface area contributed by atoms with Crippen molar-refractivity contribution in [1.82, 2.24) is 19.9 Å². The summed E-state index contributed by atoms with van der Waals surface area (Å²) in [5.74, 6) is 1.52. The molecule has 33 heavy (non-hydrogen) atoms. The maximum Gasteiger partial charge on any atom is 0.433 e. The van der Waals surface area contributed by atoms with Gasteiger partial charge in [-0.25, -0.2) is 15.0 Å². The number of pyridine rings is 1. The molecule has 11 heteroatoms. The number of alkyl halides is 3. The second-order valence-electron chi connectivity index (χ2n) is 7.25. The number of nitrogens with one attached hydrogen (secondary N) is 1. The Hall–Kier alpha value is -3.60. The van der Waals surface area contributed by atoms with E-state index in [1.807, 2.05) is 12.1 Å². The van der Waals surface area contributed by atoms with Crippen LogP contribution in [-0.4, -0.2) is 29.9 Å². The van der Waals surface area contributed by atoms with Crippen LogP contribution in [0.15, 0.2) is 64.4 Å². The third-order valence-corrected chi connectivity index (χ3v) is 6.58. The van der Waals surface area contributed by atoms with E-state index < -0.39 is 22.7 Å². The molecule has 0 fully saturated rings. The van der Waals surface area contributed by atoms with Gasteiger partial charge in [0.25, 0.3) is 0 Å². The van der Waals surface area contributed by atoms with Crippen LogP contribution in [0, 0.1) is 0 Å². The SMILES string of the molecule is O=[S@]1CCc2nc(-c3ccc(-c4ncco4)cc3)nc(NCc3cccnc3C(F)(F)F)c21. The molecular weight excluding hydrogens is 455 g/mol. The summed E-state index contributed by atoms with van der Waals surface area (Å²) in [5, 5.41) is 2.94. The molecule has 0 spiro atoms.